The summed E-state index contributed by atoms with van der Waals surface area (Å²) in [7, 11) is 0. The number of aliphatic hydroxyl groups excluding tert-OH is 2. The minimum Gasteiger partial charge on any atom is -0.396 e. The van der Waals surface area contributed by atoms with Crippen LogP contribution >= 0.6 is 0 Å². The first-order valence-electron chi connectivity index (χ1n) is 5.28. The van der Waals surface area contributed by atoms with Crippen LogP contribution < -0.4 is 11.5 Å². The van der Waals surface area contributed by atoms with Crippen molar-refractivity contribution in [2.24, 2.45) is 16.9 Å². The SMILES string of the molecule is NC(=O)CCCC(CCO)(CCO)C(N)=O.[Ti]. The fourth-order valence-electron chi connectivity index (χ4n) is 1.77. The molecular formula is C10H20N2O4Ti. The topological polar surface area (TPSA) is 127 Å². The van der Waals surface area contributed by atoms with Gasteiger partial charge in [0.2, 0.25) is 11.8 Å². The van der Waals surface area contributed by atoms with Gasteiger partial charge < -0.3 is 21.7 Å². The van der Waals surface area contributed by atoms with Crippen molar-refractivity contribution in [2.75, 3.05) is 13.2 Å². The van der Waals surface area contributed by atoms with Crippen LogP contribution in [-0.2, 0) is 31.3 Å². The molecule has 0 unspecified atom stereocenters. The van der Waals surface area contributed by atoms with Gasteiger partial charge in [-0.2, -0.15) is 0 Å². The van der Waals surface area contributed by atoms with E-state index >= 15 is 0 Å². The van der Waals surface area contributed by atoms with Crippen molar-refractivity contribution in [2.45, 2.75) is 32.1 Å². The van der Waals surface area contributed by atoms with Crippen molar-refractivity contribution in [1.82, 2.24) is 0 Å². The van der Waals surface area contributed by atoms with Crippen LogP contribution in [0.2, 0.25) is 0 Å². The van der Waals surface area contributed by atoms with Gasteiger partial charge in [0.05, 0.1) is 5.41 Å². The number of carbonyl (C=O) groups is 2. The van der Waals surface area contributed by atoms with Crippen molar-refractivity contribution in [3.63, 3.8) is 0 Å². The minimum absolute atomic E-state index is 0. The quantitative estimate of drug-likeness (QED) is 0.399. The molecule has 7 heteroatoms. The summed E-state index contributed by atoms with van der Waals surface area (Å²) in [5.41, 5.74) is 9.34. The zero-order chi connectivity index (χ0) is 12.6. The second-order valence-electron chi connectivity index (χ2n) is 3.91. The van der Waals surface area contributed by atoms with Gasteiger partial charge in [-0.3, -0.25) is 9.59 Å². The molecule has 98 valence electrons. The van der Waals surface area contributed by atoms with Gasteiger partial charge in [-0.1, -0.05) is 0 Å². The Kier molecular flexibility index (Phi) is 10.7. The molecule has 0 aromatic carbocycles. The summed E-state index contributed by atoms with van der Waals surface area (Å²) in [5, 5.41) is 17.8. The minimum atomic E-state index is -0.932. The molecule has 0 aliphatic heterocycles. The largest absolute Gasteiger partial charge is 0.396 e. The van der Waals surface area contributed by atoms with Crippen molar-refractivity contribution >= 4 is 11.8 Å². The molecule has 0 spiro atoms. The van der Waals surface area contributed by atoms with Gasteiger partial charge in [0, 0.05) is 41.4 Å². The molecule has 0 atom stereocenters. The summed E-state index contributed by atoms with van der Waals surface area (Å²) in [6, 6.07) is 0. The molecule has 0 aromatic heterocycles. The van der Waals surface area contributed by atoms with Crippen molar-refractivity contribution < 1.29 is 41.5 Å². The molecule has 17 heavy (non-hydrogen) atoms. The van der Waals surface area contributed by atoms with E-state index in [0.29, 0.717) is 12.8 Å². The molecule has 6 N–H and O–H groups in total. The Morgan fingerprint density at radius 2 is 1.47 bits per heavy atom. The van der Waals surface area contributed by atoms with E-state index < -0.39 is 17.2 Å². The molecule has 0 saturated heterocycles. The Morgan fingerprint density at radius 3 is 1.76 bits per heavy atom. The molecule has 0 saturated carbocycles. The van der Waals surface area contributed by atoms with E-state index in [-0.39, 0.29) is 54.2 Å². The van der Waals surface area contributed by atoms with E-state index in [0.717, 1.165) is 0 Å². The van der Waals surface area contributed by atoms with Crippen LogP contribution in [0.4, 0.5) is 0 Å². The predicted molar refractivity (Wildman–Crippen MR) is 58.1 cm³/mol. The first-order valence-corrected chi connectivity index (χ1v) is 5.28. The first-order chi connectivity index (χ1) is 7.48. The molecule has 0 aliphatic carbocycles. The zero-order valence-corrected chi connectivity index (χ0v) is 11.4. The van der Waals surface area contributed by atoms with E-state index in [1.165, 1.54) is 0 Å². The third kappa shape index (κ3) is 6.78. The smallest absolute Gasteiger partial charge is 0.223 e. The molecule has 0 radical (unpaired) electrons. The summed E-state index contributed by atoms with van der Waals surface area (Å²) < 4.78 is 0. The van der Waals surface area contributed by atoms with Crippen LogP contribution in [0.15, 0.2) is 0 Å². The summed E-state index contributed by atoms with van der Waals surface area (Å²) in [4.78, 5) is 21.9. The van der Waals surface area contributed by atoms with Crippen LogP contribution in [0, 0.1) is 5.41 Å². The number of hydrogen-bond donors (Lipinski definition) is 4. The van der Waals surface area contributed by atoms with Gasteiger partial charge in [-0.15, -0.1) is 0 Å². The summed E-state index contributed by atoms with van der Waals surface area (Å²) >= 11 is 0. The molecule has 0 rings (SSSR count). The molecular weight excluding hydrogens is 260 g/mol. The van der Waals surface area contributed by atoms with Crippen LogP contribution in [0.3, 0.4) is 0 Å². The second kappa shape index (κ2) is 9.59. The van der Waals surface area contributed by atoms with Crippen molar-refractivity contribution in [3.05, 3.63) is 0 Å². The Labute approximate surface area is 116 Å². The number of amides is 2. The Hall–Kier alpha value is -0.426. The van der Waals surface area contributed by atoms with Gasteiger partial charge in [0.15, 0.2) is 0 Å². The van der Waals surface area contributed by atoms with Crippen molar-refractivity contribution in [3.8, 4) is 0 Å². The maximum absolute atomic E-state index is 11.4. The monoisotopic (exact) mass is 280 g/mol. The number of hydrogen-bond acceptors (Lipinski definition) is 4. The predicted octanol–water partition coefficient (Wildman–Crippen LogP) is -1.12. The number of primary amides is 2. The average molecular weight is 280 g/mol. The molecule has 0 heterocycles. The first kappa shape index (κ1) is 18.9. The number of carbonyl (C=O) groups excluding carboxylic acids is 2. The van der Waals surface area contributed by atoms with Crippen LogP contribution in [0.5, 0.6) is 0 Å². The zero-order valence-electron chi connectivity index (χ0n) is 9.82. The van der Waals surface area contributed by atoms with E-state index in [1.54, 1.807) is 0 Å². The molecule has 0 aliphatic rings. The number of aliphatic hydroxyl groups is 2. The third-order valence-corrected chi connectivity index (χ3v) is 2.78. The Balaban J connectivity index is 0. The van der Waals surface area contributed by atoms with Gasteiger partial charge in [0.1, 0.15) is 0 Å². The van der Waals surface area contributed by atoms with E-state index in [4.69, 9.17) is 21.7 Å². The molecule has 0 aromatic rings. The van der Waals surface area contributed by atoms with Gasteiger partial charge in [-0.25, -0.2) is 0 Å². The number of nitrogens with two attached hydrogens (primary N) is 2. The maximum Gasteiger partial charge on any atom is 0.223 e. The van der Waals surface area contributed by atoms with Gasteiger partial charge in [0.25, 0.3) is 0 Å². The summed E-state index contributed by atoms with van der Waals surface area (Å²) in [6.45, 7) is -0.362. The van der Waals surface area contributed by atoms with Gasteiger partial charge >= 0.3 is 0 Å². The number of rotatable bonds is 9. The Morgan fingerprint density at radius 1 is 1.00 bits per heavy atom. The van der Waals surface area contributed by atoms with Crippen LogP contribution in [0.25, 0.3) is 0 Å². The molecule has 2 amide bonds. The Bertz CT molecular complexity index is 242. The summed E-state index contributed by atoms with van der Waals surface area (Å²) in [5.74, 6) is -0.994. The standard InChI is InChI=1S/C10H20N2O4.Ti/c11-8(15)2-1-3-10(4-6-13,5-7-14)9(12)16;/h13-14H,1-7H2,(H2,11,15)(H2,12,16);. The van der Waals surface area contributed by atoms with Crippen LogP contribution in [-0.4, -0.2) is 35.2 Å². The normalized spacial score (nSPS) is 10.7. The molecule has 0 bridgehead atoms. The van der Waals surface area contributed by atoms with E-state index in [2.05, 4.69) is 0 Å². The van der Waals surface area contributed by atoms with E-state index in [1.807, 2.05) is 0 Å². The molecule has 0 fully saturated rings. The van der Waals surface area contributed by atoms with E-state index in [9.17, 15) is 9.59 Å². The fourth-order valence-corrected chi connectivity index (χ4v) is 1.77. The van der Waals surface area contributed by atoms with Crippen molar-refractivity contribution in [1.29, 1.82) is 0 Å². The summed E-state index contributed by atoms with van der Waals surface area (Å²) in [6.07, 6.45) is 1.35. The second-order valence-corrected chi connectivity index (χ2v) is 3.91. The average Bonchev–Trinajstić information content (AvgIpc) is 2.17. The molecule has 6 nitrogen and oxygen atoms in total. The van der Waals surface area contributed by atoms with Crippen LogP contribution in [0.1, 0.15) is 32.1 Å². The fraction of sp³-hybridized carbons (Fsp3) is 0.800. The maximum atomic E-state index is 11.4. The van der Waals surface area contributed by atoms with Gasteiger partial charge in [-0.05, 0) is 25.7 Å². The third-order valence-electron chi connectivity index (χ3n) is 2.78.